The van der Waals surface area contributed by atoms with Crippen molar-refractivity contribution in [3.63, 3.8) is 0 Å². The summed E-state index contributed by atoms with van der Waals surface area (Å²) in [6.07, 6.45) is 0.920. The number of alkyl carbamates (subject to hydrolysis) is 3. The summed E-state index contributed by atoms with van der Waals surface area (Å²) >= 11 is 0. The molecule has 5 atom stereocenters. The monoisotopic (exact) mass is 1110 g/mol. The van der Waals surface area contributed by atoms with E-state index in [1.807, 2.05) is 105 Å². The molecule has 0 saturated carbocycles. The van der Waals surface area contributed by atoms with Gasteiger partial charge in [0, 0.05) is 57.4 Å². The first-order valence-corrected chi connectivity index (χ1v) is 28.1. The third-order valence-electron chi connectivity index (χ3n) is 13.5. The van der Waals surface area contributed by atoms with Gasteiger partial charge >= 0.3 is 18.3 Å². The lowest BCUT2D eigenvalue weighted by molar-refractivity contribution is -0.152. The van der Waals surface area contributed by atoms with Crippen LogP contribution in [0.4, 0.5) is 14.4 Å². The smallest absolute Gasteiger partial charge is 0.408 e. The van der Waals surface area contributed by atoms with Crippen molar-refractivity contribution in [2.24, 2.45) is 11.3 Å². The second-order valence-corrected chi connectivity index (χ2v) is 24.7. The van der Waals surface area contributed by atoms with Gasteiger partial charge in [0.1, 0.15) is 47.0 Å². The highest BCUT2D eigenvalue weighted by atomic mass is 16.6. The van der Waals surface area contributed by atoms with Gasteiger partial charge in [-0.1, -0.05) is 105 Å². The van der Waals surface area contributed by atoms with Crippen molar-refractivity contribution in [3.8, 4) is 0 Å². The number of hydrogen-bond donors (Lipinski definition) is 6. The van der Waals surface area contributed by atoms with Crippen LogP contribution >= 0.6 is 0 Å². The van der Waals surface area contributed by atoms with E-state index in [1.54, 1.807) is 72.1 Å². The zero-order chi connectivity index (χ0) is 58.8. The lowest BCUT2D eigenvalue weighted by Gasteiger charge is -2.54. The van der Waals surface area contributed by atoms with Crippen LogP contribution in [0.25, 0.3) is 0 Å². The fourth-order valence-corrected chi connectivity index (χ4v) is 9.70. The van der Waals surface area contributed by atoms with Crippen LogP contribution < -0.4 is 31.9 Å². The van der Waals surface area contributed by atoms with Gasteiger partial charge in [-0.2, -0.15) is 0 Å². The molecule has 438 valence electrons. The summed E-state index contributed by atoms with van der Waals surface area (Å²) in [6, 6.07) is 22.4. The van der Waals surface area contributed by atoms with Crippen LogP contribution in [-0.4, -0.2) is 137 Å². The molecule has 80 heavy (non-hydrogen) atoms. The molecular weight excluding hydrogens is 1020 g/mol. The predicted octanol–water partition coefficient (Wildman–Crippen LogP) is 7.15. The Morgan fingerprint density at radius 3 is 1.30 bits per heavy atom. The molecule has 0 aliphatic carbocycles. The third kappa shape index (κ3) is 21.8. The number of ether oxygens (including phenoxy) is 3. The van der Waals surface area contributed by atoms with Gasteiger partial charge in [0.05, 0.1) is 0 Å². The van der Waals surface area contributed by atoms with Crippen LogP contribution in [0.2, 0.25) is 0 Å². The molecular formula is C61H88N8O11. The van der Waals surface area contributed by atoms with Crippen LogP contribution in [0.3, 0.4) is 0 Å². The molecule has 2 saturated heterocycles. The van der Waals surface area contributed by atoms with Crippen molar-refractivity contribution in [2.45, 2.75) is 181 Å². The van der Waals surface area contributed by atoms with E-state index in [9.17, 15) is 38.4 Å². The number of rotatable bonds is 23. The molecule has 3 aromatic carbocycles. The lowest BCUT2D eigenvalue weighted by atomic mass is 9.71. The summed E-state index contributed by atoms with van der Waals surface area (Å²) in [5.74, 6) is -2.47. The average molecular weight is 1110 g/mol. The number of carbonyl (C=O) groups excluding carboxylic acids is 8. The fourth-order valence-electron chi connectivity index (χ4n) is 9.70. The van der Waals surface area contributed by atoms with Gasteiger partial charge < -0.3 is 55.9 Å². The Labute approximate surface area is 473 Å². The van der Waals surface area contributed by atoms with E-state index in [4.69, 9.17) is 14.2 Å². The number of amides is 8. The number of benzene rings is 3. The normalized spacial score (nSPS) is 16.1. The van der Waals surface area contributed by atoms with Gasteiger partial charge in [0.25, 0.3) is 0 Å². The Morgan fingerprint density at radius 2 is 0.850 bits per heavy atom. The Bertz CT molecular complexity index is 2530. The molecule has 2 heterocycles. The molecule has 2 aliphatic heterocycles. The first-order valence-electron chi connectivity index (χ1n) is 28.1. The van der Waals surface area contributed by atoms with Crippen molar-refractivity contribution in [3.05, 3.63) is 108 Å². The molecule has 2 fully saturated rings. The van der Waals surface area contributed by atoms with Gasteiger partial charge in [-0.25, -0.2) is 14.4 Å². The minimum absolute atomic E-state index is 0.0526. The van der Waals surface area contributed by atoms with Gasteiger partial charge in [-0.05, 0) is 123 Å². The Hall–Kier alpha value is -7.18. The maximum absolute atomic E-state index is 14.7. The minimum atomic E-state index is -1.20. The van der Waals surface area contributed by atoms with E-state index in [0.29, 0.717) is 51.9 Å². The number of likely N-dealkylation sites (tertiary alicyclic amines) is 2. The molecule has 2 aliphatic rings. The van der Waals surface area contributed by atoms with E-state index in [-0.39, 0.29) is 61.8 Å². The van der Waals surface area contributed by atoms with E-state index in [2.05, 4.69) is 31.9 Å². The molecule has 8 amide bonds. The van der Waals surface area contributed by atoms with Gasteiger partial charge in [-0.15, -0.1) is 0 Å². The number of piperidine rings is 1. The zero-order valence-electron chi connectivity index (χ0n) is 48.9. The van der Waals surface area contributed by atoms with E-state index >= 15 is 0 Å². The third-order valence-corrected chi connectivity index (χ3v) is 13.5. The summed E-state index contributed by atoms with van der Waals surface area (Å²) in [5, 5.41) is 17.0. The van der Waals surface area contributed by atoms with Crippen molar-refractivity contribution >= 4 is 47.8 Å². The van der Waals surface area contributed by atoms with Crippen LogP contribution in [0, 0.1) is 11.3 Å². The molecule has 5 rings (SSSR count). The van der Waals surface area contributed by atoms with Gasteiger partial charge in [0.15, 0.2) is 0 Å². The maximum atomic E-state index is 14.7. The molecule has 1 spiro atoms. The summed E-state index contributed by atoms with van der Waals surface area (Å²) in [6.45, 7) is 21.5. The SMILES string of the molecule is CC(C)CC(NC(=O)C(Cc1ccccc1)NC(=O)C(Cc1ccccc1)NC(=O)OC(C)(C)C)C(=O)NC(CCCCNC(=O)OC(C)(C)C)C(=O)N1CCC2(CC1)CN(C(=O)C(Cc1ccccc1)NC(=O)OC(C)(C)C)C2. The van der Waals surface area contributed by atoms with Crippen molar-refractivity contribution in [2.75, 3.05) is 32.7 Å². The van der Waals surface area contributed by atoms with Crippen LogP contribution in [0.1, 0.15) is 131 Å². The fraction of sp³-hybridized carbons (Fsp3) is 0.574. The number of nitrogens with one attached hydrogen (secondary N) is 6. The number of unbranched alkanes of at least 4 members (excludes halogenated alkanes) is 1. The number of nitrogens with zero attached hydrogens (tertiary/aromatic N) is 2. The standard InChI is InChI=1S/C61H88N8O11/c1-41(2)35-46(64-51(71)47(36-42-23-15-12-16-24-42)65-52(72)48(37-43-25-17-13-18-26-43)66-56(76)79-59(6,7)8)50(70)63-45(29-21-22-32-62-55(75)78-58(3,4)5)53(73)68-33-30-61(31-34-68)39-69(40-61)54(74)49(38-44-27-19-14-20-28-44)67-57(77)80-60(9,10)11/h12-20,23-28,41,45-49H,21-22,29-40H2,1-11H3,(H,62,75)(H,63,70)(H,64,71)(H,65,72)(H,66,76)(H,67,77). The summed E-state index contributed by atoms with van der Waals surface area (Å²) < 4.78 is 16.4. The number of carbonyl (C=O) groups is 8. The van der Waals surface area contributed by atoms with Gasteiger partial charge in [0.2, 0.25) is 29.5 Å². The van der Waals surface area contributed by atoms with Crippen LogP contribution in [0.15, 0.2) is 91.0 Å². The largest absolute Gasteiger partial charge is 0.444 e. The summed E-state index contributed by atoms with van der Waals surface area (Å²) in [7, 11) is 0. The lowest BCUT2D eigenvalue weighted by Crippen LogP contribution is -2.66. The Morgan fingerprint density at radius 1 is 0.475 bits per heavy atom. The highest BCUT2D eigenvalue weighted by molar-refractivity contribution is 5.95. The van der Waals surface area contributed by atoms with Crippen molar-refractivity contribution in [1.29, 1.82) is 0 Å². The first-order chi connectivity index (χ1) is 37.6. The quantitative estimate of drug-likeness (QED) is 0.0412. The maximum Gasteiger partial charge on any atom is 0.408 e. The predicted molar refractivity (Wildman–Crippen MR) is 305 cm³/mol. The van der Waals surface area contributed by atoms with Crippen molar-refractivity contribution < 1.29 is 52.6 Å². The van der Waals surface area contributed by atoms with Gasteiger partial charge in [-0.3, -0.25) is 24.0 Å². The Balaban J connectivity index is 1.31. The topological polar surface area (TPSA) is 243 Å². The zero-order valence-corrected chi connectivity index (χ0v) is 48.9. The first kappa shape index (κ1) is 63.6. The Kier molecular flexibility index (Phi) is 22.9. The second kappa shape index (κ2) is 28.8. The molecule has 19 heteroatoms. The summed E-state index contributed by atoms with van der Waals surface area (Å²) in [4.78, 5) is 114. The van der Waals surface area contributed by atoms with E-state index < -0.39 is 83.0 Å². The highest BCUT2D eigenvalue weighted by Gasteiger charge is 2.49. The molecule has 6 N–H and O–H groups in total. The molecule has 0 bridgehead atoms. The van der Waals surface area contributed by atoms with Crippen LogP contribution in [0.5, 0.6) is 0 Å². The van der Waals surface area contributed by atoms with E-state index in [1.165, 1.54) is 0 Å². The van der Waals surface area contributed by atoms with Crippen LogP contribution in [-0.2, 0) is 57.4 Å². The van der Waals surface area contributed by atoms with Crippen molar-refractivity contribution in [1.82, 2.24) is 41.7 Å². The van der Waals surface area contributed by atoms with E-state index in [0.717, 1.165) is 16.7 Å². The molecule has 0 aromatic heterocycles. The molecule has 19 nitrogen and oxygen atoms in total. The molecule has 3 aromatic rings. The minimum Gasteiger partial charge on any atom is -0.444 e. The second-order valence-electron chi connectivity index (χ2n) is 24.7. The highest BCUT2D eigenvalue weighted by Crippen LogP contribution is 2.41. The molecule has 0 radical (unpaired) electrons. The summed E-state index contributed by atoms with van der Waals surface area (Å²) in [5.41, 5.74) is -0.152. The average Bonchev–Trinajstić information content (AvgIpc) is 3.39. The number of hydrogen-bond acceptors (Lipinski definition) is 11. The molecule has 5 unspecified atom stereocenters.